The summed E-state index contributed by atoms with van der Waals surface area (Å²) in [4.78, 5) is 20.4. The molecule has 1 amide bonds. The number of carbonyl (C=O) groups excluding carboxylic acids is 1. The van der Waals surface area contributed by atoms with Gasteiger partial charge in [0, 0.05) is 24.1 Å². The molecule has 1 saturated heterocycles. The molecule has 0 N–H and O–H groups in total. The third-order valence-corrected chi connectivity index (χ3v) is 5.11. The number of piperidine rings is 1. The molecule has 3 rings (SSSR count). The van der Waals surface area contributed by atoms with Crippen molar-refractivity contribution in [3.05, 3.63) is 23.8 Å². The standard InChI is InChI=1S/C19H26N2O4/c1-12-6-5-7-13(2)21(12)19(22)18-11-15(20-25-18)14-8-9-16(23-3)17(10-14)24-4/h8-10,12-13,18H,5-7,11H2,1-4H3/t12-,13+,18-/m1/s1. The van der Waals surface area contributed by atoms with Crippen molar-refractivity contribution in [2.24, 2.45) is 5.16 Å². The normalized spacial score (nSPS) is 26.0. The summed E-state index contributed by atoms with van der Waals surface area (Å²) in [5.41, 5.74) is 1.64. The molecular formula is C19H26N2O4. The van der Waals surface area contributed by atoms with E-state index in [0.29, 0.717) is 17.9 Å². The molecule has 1 fully saturated rings. The van der Waals surface area contributed by atoms with Gasteiger partial charge >= 0.3 is 0 Å². The van der Waals surface area contributed by atoms with Gasteiger partial charge in [-0.05, 0) is 51.3 Å². The number of ether oxygens (including phenoxy) is 2. The van der Waals surface area contributed by atoms with Crippen LogP contribution in [0.15, 0.2) is 23.4 Å². The molecule has 0 bridgehead atoms. The van der Waals surface area contributed by atoms with Crippen LogP contribution in [0.1, 0.15) is 45.1 Å². The van der Waals surface area contributed by atoms with E-state index in [-0.39, 0.29) is 18.0 Å². The van der Waals surface area contributed by atoms with Gasteiger partial charge in [-0.3, -0.25) is 4.79 Å². The van der Waals surface area contributed by atoms with E-state index >= 15 is 0 Å². The second-order valence-electron chi connectivity index (χ2n) is 6.78. The van der Waals surface area contributed by atoms with E-state index in [4.69, 9.17) is 14.3 Å². The van der Waals surface area contributed by atoms with Crippen molar-refractivity contribution in [3.63, 3.8) is 0 Å². The average molecular weight is 346 g/mol. The fourth-order valence-corrected chi connectivity index (χ4v) is 3.72. The smallest absolute Gasteiger partial charge is 0.267 e. The van der Waals surface area contributed by atoms with E-state index in [1.54, 1.807) is 14.2 Å². The number of likely N-dealkylation sites (tertiary alicyclic amines) is 1. The van der Waals surface area contributed by atoms with E-state index in [9.17, 15) is 4.79 Å². The number of amides is 1. The van der Waals surface area contributed by atoms with Crippen LogP contribution >= 0.6 is 0 Å². The maximum Gasteiger partial charge on any atom is 0.267 e. The summed E-state index contributed by atoms with van der Waals surface area (Å²) in [6.07, 6.45) is 3.21. The minimum atomic E-state index is -0.536. The van der Waals surface area contributed by atoms with Crippen molar-refractivity contribution < 1.29 is 19.1 Å². The molecule has 0 aromatic heterocycles. The van der Waals surface area contributed by atoms with Gasteiger partial charge in [0.25, 0.3) is 5.91 Å². The van der Waals surface area contributed by atoms with E-state index in [2.05, 4.69) is 19.0 Å². The SMILES string of the molecule is COc1ccc(C2=NO[C@@H](C(=O)N3[C@H](C)CCC[C@@H]3C)C2)cc1OC. The lowest BCUT2D eigenvalue weighted by Gasteiger charge is -2.39. The Morgan fingerprint density at radius 3 is 2.48 bits per heavy atom. The summed E-state index contributed by atoms with van der Waals surface area (Å²) in [5.74, 6) is 1.34. The average Bonchev–Trinajstić information content (AvgIpc) is 3.11. The third kappa shape index (κ3) is 3.43. The first-order chi connectivity index (χ1) is 12.0. The van der Waals surface area contributed by atoms with Crippen LogP contribution in [0, 0.1) is 0 Å². The Balaban J connectivity index is 1.71. The van der Waals surface area contributed by atoms with Crippen molar-refractivity contribution in [2.45, 2.75) is 57.7 Å². The molecule has 136 valence electrons. The Hall–Kier alpha value is -2.24. The van der Waals surface area contributed by atoms with Gasteiger partial charge in [-0.25, -0.2) is 0 Å². The quantitative estimate of drug-likeness (QED) is 0.841. The van der Waals surface area contributed by atoms with Crippen LogP contribution in [-0.4, -0.2) is 48.9 Å². The van der Waals surface area contributed by atoms with Crippen LogP contribution < -0.4 is 9.47 Å². The number of benzene rings is 1. The Morgan fingerprint density at radius 2 is 1.84 bits per heavy atom. The lowest BCUT2D eigenvalue weighted by Crippen LogP contribution is -2.51. The summed E-state index contributed by atoms with van der Waals surface area (Å²) in [6, 6.07) is 6.11. The molecule has 1 aromatic carbocycles. The topological polar surface area (TPSA) is 60.4 Å². The first-order valence-electron chi connectivity index (χ1n) is 8.82. The van der Waals surface area contributed by atoms with Gasteiger partial charge in [0.05, 0.1) is 19.9 Å². The molecular weight excluding hydrogens is 320 g/mol. The number of nitrogens with zero attached hydrogens (tertiary/aromatic N) is 2. The molecule has 2 heterocycles. The van der Waals surface area contributed by atoms with Crippen LogP contribution in [0.4, 0.5) is 0 Å². The minimum Gasteiger partial charge on any atom is -0.493 e. The van der Waals surface area contributed by atoms with Crippen LogP contribution in [0.25, 0.3) is 0 Å². The highest BCUT2D eigenvalue weighted by atomic mass is 16.6. The lowest BCUT2D eigenvalue weighted by atomic mass is 9.95. The Labute approximate surface area is 148 Å². The van der Waals surface area contributed by atoms with Crippen LogP contribution in [0.5, 0.6) is 11.5 Å². The molecule has 2 aliphatic rings. The molecule has 1 aromatic rings. The number of hydrogen-bond donors (Lipinski definition) is 0. The van der Waals surface area contributed by atoms with Crippen molar-refractivity contribution >= 4 is 11.6 Å². The van der Waals surface area contributed by atoms with Crippen LogP contribution in [-0.2, 0) is 9.63 Å². The van der Waals surface area contributed by atoms with Gasteiger partial charge in [0.1, 0.15) is 0 Å². The molecule has 25 heavy (non-hydrogen) atoms. The van der Waals surface area contributed by atoms with Crippen LogP contribution in [0.2, 0.25) is 0 Å². The number of hydrogen-bond acceptors (Lipinski definition) is 5. The number of rotatable bonds is 4. The van der Waals surface area contributed by atoms with E-state index < -0.39 is 6.10 Å². The highest BCUT2D eigenvalue weighted by Gasteiger charge is 2.37. The predicted molar refractivity (Wildman–Crippen MR) is 95.2 cm³/mol. The monoisotopic (exact) mass is 346 g/mol. The van der Waals surface area contributed by atoms with Gasteiger partial charge in [-0.1, -0.05) is 5.16 Å². The zero-order valence-corrected chi connectivity index (χ0v) is 15.3. The Kier molecular flexibility index (Phi) is 5.16. The van der Waals surface area contributed by atoms with Crippen molar-refractivity contribution in [3.8, 4) is 11.5 Å². The summed E-state index contributed by atoms with van der Waals surface area (Å²) in [5, 5.41) is 4.16. The van der Waals surface area contributed by atoms with Gasteiger partial charge in [-0.2, -0.15) is 0 Å². The molecule has 0 unspecified atom stereocenters. The Bertz CT molecular complexity index is 663. The molecule has 0 radical (unpaired) electrons. The molecule has 0 spiro atoms. The fourth-order valence-electron chi connectivity index (χ4n) is 3.72. The van der Waals surface area contributed by atoms with E-state index in [1.807, 2.05) is 23.1 Å². The first-order valence-corrected chi connectivity index (χ1v) is 8.82. The zero-order valence-electron chi connectivity index (χ0n) is 15.3. The van der Waals surface area contributed by atoms with Gasteiger partial charge < -0.3 is 19.2 Å². The molecule has 0 saturated carbocycles. The van der Waals surface area contributed by atoms with Crippen molar-refractivity contribution in [1.29, 1.82) is 0 Å². The molecule has 0 aliphatic carbocycles. The highest BCUT2D eigenvalue weighted by molar-refractivity contribution is 6.04. The fraction of sp³-hybridized carbons (Fsp3) is 0.579. The first kappa shape index (κ1) is 17.6. The highest BCUT2D eigenvalue weighted by Crippen LogP contribution is 2.31. The summed E-state index contributed by atoms with van der Waals surface area (Å²) < 4.78 is 10.6. The maximum absolute atomic E-state index is 12.9. The van der Waals surface area contributed by atoms with Gasteiger partial charge in [0.15, 0.2) is 11.5 Å². The Morgan fingerprint density at radius 1 is 1.16 bits per heavy atom. The van der Waals surface area contributed by atoms with Crippen LogP contribution in [0.3, 0.4) is 0 Å². The second kappa shape index (κ2) is 7.33. The maximum atomic E-state index is 12.9. The van der Waals surface area contributed by atoms with Gasteiger partial charge in [-0.15, -0.1) is 0 Å². The molecule has 3 atom stereocenters. The summed E-state index contributed by atoms with van der Waals surface area (Å²) in [6.45, 7) is 4.22. The number of carbonyl (C=O) groups is 1. The van der Waals surface area contributed by atoms with Crippen molar-refractivity contribution in [1.82, 2.24) is 4.90 Å². The lowest BCUT2D eigenvalue weighted by molar-refractivity contribution is -0.148. The van der Waals surface area contributed by atoms with E-state index in [0.717, 1.165) is 24.1 Å². The number of methoxy groups -OCH3 is 2. The largest absolute Gasteiger partial charge is 0.493 e. The molecule has 2 aliphatic heterocycles. The van der Waals surface area contributed by atoms with Gasteiger partial charge in [0.2, 0.25) is 6.10 Å². The summed E-state index contributed by atoms with van der Waals surface area (Å²) >= 11 is 0. The van der Waals surface area contributed by atoms with Crippen molar-refractivity contribution in [2.75, 3.05) is 14.2 Å². The predicted octanol–water partition coefficient (Wildman–Crippen LogP) is 2.99. The number of oxime groups is 1. The molecule has 6 heteroatoms. The van der Waals surface area contributed by atoms with E-state index in [1.165, 1.54) is 6.42 Å². The minimum absolute atomic E-state index is 0.0407. The third-order valence-electron chi connectivity index (χ3n) is 5.11. The summed E-state index contributed by atoms with van der Waals surface area (Å²) in [7, 11) is 3.20. The second-order valence-corrected chi connectivity index (χ2v) is 6.78. The molecule has 6 nitrogen and oxygen atoms in total. The zero-order chi connectivity index (χ0) is 18.0.